The number of nitrogens with one attached hydrogen (secondary N) is 1. The molecule has 2 aromatic heterocycles. The third-order valence-corrected chi connectivity index (χ3v) is 7.09. The first-order valence-electron chi connectivity index (χ1n) is 10.2. The molecular weight excluding hydrogens is 408 g/mol. The number of carbonyl (C=O) groups is 1. The van der Waals surface area contributed by atoms with Crippen LogP contribution in [-0.2, 0) is 30.6 Å². The molecule has 0 fully saturated rings. The van der Waals surface area contributed by atoms with Gasteiger partial charge in [0.25, 0.3) is 0 Å². The summed E-state index contributed by atoms with van der Waals surface area (Å²) in [6.07, 6.45) is 3.63. The number of anilines is 1. The number of rotatable bonds is 10. The highest BCUT2D eigenvalue weighted by Crippen LogP contribution is 2.29. The molecule has 158 valence electrons. The molecule has 0 aromatic carbocycles. The van der Waals surface area contributed by atoms with Gasteiger partial charge < -0.3 is 4.90 Å². The average molecular weight is 437 g/mol. The van der Waals surface area contributed by atoms with Gasteiger partial charge in [0.1, 0.15) is 10.0 Å². The summed E-state index contributed by atoms with van der Waals surface area (Å²) in [6, 6.07) is 0. The first-order chi connectivity index (χ1) is 14.0. The Kier molecular flexibility index (Phi) is 7.79. The van der Waals surface area contributed by atoms with Gasteiger partial charge in [0, 0.05) is 24.3 Å². The van der Waals surface area contributed by atoms with Crippen molar-refractivity contribution in [3.8, 4) is 0 Å². The number of aryl methyl sites for hydroxylation is 1. The van der Waals surface area contributed by atoms with E-state index in [9.17, 15) is 9.59 Å². The van der Waals surface area contributed by atoms with Gasteiger partial charge in [-0.05, 0) is 38.8 Å². The molecule has 8 nitrogen and oxygen atoms in total. The number of thioether (sulfide) groups is 1. The zero-order chi connectivity index (χ0) is 20.8. The van der Waals surface area contributed by atoms with Crippen molar-refractivity contribution in [3.63, 3.8) is 0 Å². The number of nitrogens with zero attached hydrogens (tertiary/aromatic N) is 5. The molecular formula is C19H28N6O2S2. The van der Waals surface area contributed by atoms with Crippen LogP contribution in [0.25, 0.3) is 0 Å². The lowest BCUT2D eigenvalue weighted by molar-refractivity contribution is -0.113. The van der Waals surface area contributed by atoms with Crippen LogP contribution in [0.4, 0.5) is 5.13 Å². The Bertz CT molecular complexity index is 907. The molecule has 2 heterocycles. The first kappa shape index (κ1) is 21.9. The van der Waals surface area contributed by atoms with E-state index in [-0.39, 0.29) is 17.3 Å². The first-order valence-corrected chi connectivity index (χ1v) is 12.0. The Hall–Kier alpha value is -1.78. The second kappa shape index (κ2) is 10.3. The molecule has 0 spiro atoms. The van der Waals surface area contributed by atoms with Gasteiger partial charge in [-0.3, -0.25) is 14.7 Å². The van der Waals surface area contributed by atoms with Crippen molar-refractivity contribution in [2.75, 3.05) is 30.7 Å². The zero-order valence-electron chi connectivity index (χ0n) is 17.2. The Morgan fingerprint density at radius 3 is 2.72 bits per heavy atom. The van der Waals surface area contributed by atoms with Gasteiger partial charge in [0.15, 0.2) is 0 Å². The van der Waals surface area contributed by atoms with Crippen LogP contribution < -0.4 is 11.0 Å². The Morgan fingerprint density at radius 2 is 2.03 bits per heavy atom. The quantitative estimate of drug-likeness (QED) is 0.451. The van der Waals surface area contributed by atoms with Crippen LogP contribution in [0.2, 0.25) is 0 Å². The molecule has 1 aliphatic rings. The largest absolute Gasteiger partial charge is 0.348 e. The summed E-state index contributed by atoms with van der Waals surface area (Å²) in [5.74, 6) is 0.0386. The van der Waals surface area contributed by atoms with Gasteiger partial charge in [0.05, 0.1) is 5.75 Å². The van der Waals surface area contributed by atoms with Crippen LogP contribution in [0.15, 0.2) is 9.82 Å². The highest BCUT2D eigenvalue weighted by Gasteiger charge is 2.22. The van der Waals surface area contributed by atoms with E-state index in [1.165, 1.54) is 23.1 Å². The lowest BCUT2D eigenvalue weighted by Gasteiger charge is -2.20. The van der Waals surface area contributed by atoms with Crippen LogP contribution >= 0.6 is 23.1 Å². The second-order valence-corrected chi connectivity index (χ2v) is 8.87. The molecule has 0 unspecified atom stereocenters. The van der Waals surface area contributed by atoms with E-state index in [4.69, 9.17) is 0 Å². The Morgan fingerprint density at radius 1 is 1.24 bits per heavy atom. The number of hydrogen-bond donors (Lipinski definition) is 1. The molecule has 2 aromatic rings. The molecule has 3 rings (SSSR count). The van der Waals surface area contributed by atoms with Gasteiger partial charge in [-0.25, -0.2) is 4.79 Å². The summed E-state index contributed by atoms with van der Waals surface area (Å²) in [5.41, 5.74) is 2.01. The fraction of sp³-hybridized carbons (Fsp3) is 0.632. The molecule has 0 atom stereocenters. The maximum absolute atomic E-state index is 12.7. The third kappa shape index (κ3) is 5.43. The van der Waals surface area contributed by atoms with Crippen molar-refractivity contribution >= 4 is 34.1 Å². The molecule has 0 aliphatic heterocycles. The molecule has 1 aliphatic carbocycles. The Balaban J connectivity index is 1.67. The van der Waals surface area contributed by atoms with E-state index >= 15 is 0 Å². The summed E-state index contributed by atoms with van der Waals surface area (Å²) in [5, 5.41) is 12.8. The van der Waals surface area contributed by atoms with Gasteiger partial charge in [-0.15, -0.1) is 10.2 Å². The topological polar surface area (TPSA) is 93.0 Å². The molecule has 1 N–H and O–H groups in total. The maximum Gasteiger partial charge on any atom is 0.348 e. The van der Waals surface area contributed by atoms with Gasteiger partial charge in [-0.1, -0.05) is 43.9 Å². The molecule has 1 amide bonds. The maximum atomic E-state index is 12.7. The van der Waals surface area contributed by atoms with Crippen molar-refractivity contribution < 1.29 is 4.79 Å². The second-order valence-electron chi connectivity index (χ2n) is 6.85. The van der Waals surface area contributed by atoms with E-state index in [0.29, 0.717) is 16.7 Å². The number of likely N-dealkylation sites (N-methyl/N-ethyl adjacent to an activating group) is 1. The molecule has 29 heavy (non-hydrogen) atoms. The van der Waals surface area contributed by atoms with Gasteiger partial charge in [0.2, 0.25) is 11.0 Å². The Labute approximate surface area is 179 Å². The van der Waals surface area contributed by atoms with E-state index in [0.717, 1.165) is 61.6 Å². The highest BCUT2D eigenvalue weighted by atomic mass is 32.2. The monoisotopic (exact) mass is 436 g/mol. The molecule has 0 saturated heterocycles. The van der Waals surface area contributed by atoms with Gasteiger partial charge in [-0.2, -0.15) is 4.98 Å². The summed E-state index contributed by atoms with van der Waals surface area (Å²) in [6.45, 7) is 9.71. The molecule has 10 heteroatoms. The molecule has 0 radical (unpaired) electrons. The van der Waals surface area contributed by atoms with Crippen LogP contribution in [0.1, 0.15) is 43.5 Å². The van der Waals surface area contributed by atoms with Crippen LogP contribution in [0, 0.1) is 0 Å². The number of aromatic nitrogens is 4. The van der Waals surface area contributed by atoms with Crippen LogP contribution in [-0.4, -0.2) is 55.9 Å². The summed E-state index contributed by atoms with van der Waals surface area (Å²) in [7, 11) is 0. The van der Waals surface area contributed by atoms with Crippen molar-refractivity contribution in [3.05, 3.63) is 26.7 Å². The van der Waals surface area contributed by atoms with E-state index < -0.39 is 0 Å². The molecule has 0 bridgehead atoms. The van der Waals surface area contributed by atoms with Gasteiger partial charge >= 0.3 is 5.69 Å². The number of fused-ring (bicyclic) bond motifs is 1. The third-order valence-electron chi connectivity index (χ3n) is 5.09. The molecule has 0 saturated carbocycles. The fourth-order valence-electron chi connectivity index (χ4n) is 3.45. The SMILES string of the molecule is CCc1nnc(NC(=O)CSc2nc(=O)n(CCN(CC)CC)c3c2CCC3)s1. The fourth-order valence-corrected chi connectivity index (χ4v) is 5.03. The van der Waals surface area contributed by atoms with Crippen LogP contribution in [0.3, 0.4) is 0 Å². The predicted octanol–water partition coefficient (Wildman–Crippen LogP) is 2.22. The van der Waals surface area contributed by atoms with Crippen LogP contribution in [0.5, 0.6) is 0 Å². The predicted molar refractivity (Wildman–Crippen MR) is 117 cm³/mol. The standard InChI is InChI=1S/C19H28N6O2S2/c1-4-16-22-23-18(29-16)20-15(26)12-28-17-13-8-7-9-14(13)25(19(27)21-17)11-10-24(5-2)6-3/h4-12H2,1-3H3,(H,20,23,26). The lowest BCUT2D eigenvalue weighted by atomic mass is 10.2. The minimum Gasteiger partial charge on any atom is -0.302 e. The minimum absolute atomic E-state index is 0.159. The summed E-state index contributed by atoms with van der Waals surface area (Å²) >= 11 is 2.71. The number of carbonyl (C=O) groups excluding carboxylic acids is 1. The van der Waals surface area contributed by atoms with Crippen molar-refractivity contribution in [1.29, 1.82) is 0 Å². The summed E-state index contributed by atoms with van der Waals surface area (Å²) in [4.78, 5) is 31.6. The average Bonchev–Trinajstić information content (AvgIpc) is 3.38. The number of hydrogen-bond acceptors (Lipinski definition) is 8. The van der Waals surface area contributed by atoms with E-state index in [1.807, 2.05) is 11.5 Å². The zero-order valence-corrected chi connectivity index (χ0v) is 18.9. The summed E-state index contributed by atoms with van der Waals surface area (Å²) < 4.78 is 1.83. The lowest BCUT2D eigenvalue weighted by Crippen LogP contribution is -2.34. The van der Waals surface area contributed by atoms with E-state index in [1.54, 1.807) is 0 Å². The smallest absolute Gasteiger partial charge is 0.302 e. The van der Waals surface area contributed by atoms with Crippen molar-refractivity contribution in [1.82, 2.24) is 24.6 Å². The minimum atomic E-state index is -0.211. The van der Waals surface area contributed by atoms with E-state index in [2.05, 4.69) is 39.2 Å². The normalized spacial score (nSPS) is 13.1. The number of amides is 1. The van der Waals surface area contributed by atoms with Crippen molar-refractivity contribution in [2.24, 2.45) is 0 Å². The van der Waals surface area contributed by atoms with Crippen molar-refractivity contribution in [2.45, 2.75) is 58.0 Å². The highest BCUT2D eigenvalue weighted by molar-refractivity contribution is 8.00.